The van der Waals surface area contributed by atoms with Gasteiger partial charge in [-0.2, -0.15) is 0 Å². The van der Waals surface area contributed by atoms with Gasteiger partial charge in [0.2, 0.25) is 0 Å². The van der Waals surface area contributed by atoms with E-state index in [4.69, 9.17) is 25.8 Å². The molecule has 1 saturated heterocycles. The predicted octanol–water partition coefficient (Wildman–Crippen LogP) is 4.21. The molecule has 7 heteroatoms. The molecule has 2 unspecified atom stereocenters. The van der Waals surface area contributed by atoms with Gasteiger partial charge in [0.15, 0.2) is 28.9 Å². The minimum atomic E-state index is -1.58. The third-order valence-electron chi connectivity index (χ3n) is 6.62. The van der Waals surface area contributed by atoms with Crippen molar-refractivity contribution in [1.29, 1.82) is 0 Å². The second kappa shape index (κ2) is 7.43. The van der Waals surface area contributed by atoms with E-state index in [1.165, 1.54) is 6.07 Å². The Labute approximate surface area is 181 Å². The molecule has 1 heterocycles. The first-order valence-corrected chi connectivity index (χ1v) is 10.9. The summed E-state index contributed by atoms with van der Waals surface area (Å²) < 4.78 is 18.0. The number of esters is 1. The van der Waals surface area contributed by atoms with E-state index in [9.17, 15) is 14.4 Å². The van der Waals surface area contributed by atoms with Crippen LogP contribution in [0.5, 0.6) is 0 Å². The fourth-order valence-electron chi connectivity index (χ4n) is 5.08. The van der Waals surface area contributed by atoms with Crippen molar-refractivity contribution in [3.63, 3.8) is 0 Å². The van der Waals surface area contributed by atoms with Crippen LogP contribution in [0.25, 0.3) is 0 Å². The summed E-state index contributed by atoms with van der Waals surface area (Å²) in [6, 6.07) is 4.84. The second-order valence-electron chi connectivity index (χ2n) is 9.03. The lowest BCUT2D eigenvalue weighted by Crippen LogP contribution is -2.67. The Morgan fingerprint density at radius 2 is 1.90 bits per heavy atom. The van der Waals surface area contributed by atoms with Gasteiger partial charge in [0.25, 0.3) is 0 Å². The highest BCUT2D eigenvalue weighted by molar-refractivity contribution is 6.32. The Balaban J connectivity index is 1.94. The van der Waals surface area contributed by atoms with Crippen molar-refractivity contribution in [2.75, 3.05) is 13.2 Å². The molecular formula is C23H27ClO6. The molecular weight excluding hydrogens is 408 g/mol. The highest BCUT2D eigenvalue weighted by Crippen LogP contribution is 2.57. The molecule has 6 nitrogen and oxygen atoms in total. The molecule has 1 saturated carbocycles. The number of halogens is 1. The van der Waals surface area contributed by atoms with Crippen molar-refractivity contribution in [2.45, 2.75) is 64.3 Å². The smallest absolute Gasteiger partial charge is 0.324 e. The molecule has 0 N–H and O–H groups in total. The van der Waals surface area contributed by atoms with E-state index in [1.54, 1.807) is 19.1 Å². The van der Waals surface area contributed by atoms with Crippen molar-refractivity contribution in [3.05, 3.63) is 34.3 Å². The zero-order valence-corrected chi connectivity index (χ0v) is 18.3. The highest BCUT2D eigenvalue weighted by Gasteiger charge is 2.67. The Morgan fingerprint density at radius 3 is 2.57 bits per heavy atom. The number of hydrogen-bond acceptors (Lipinski definition) is 6. The molecule has 1 aliphatic heterocycles. The molecule has 0 radical (unpaired) electrons. The number of carbonyl (C=O) groups excluding carboxylic acids is 3. The van der Waals surface area contributed by atoms with Crippen LogP contribution < -0.4 is 0 Å². The van der Waals surface area contributed by atoms with Crippen LogP contribution in [0, 0.1) is 11.3 Å². The fourth-order valence-corrected chi connectivity index (χ4v) is 5.25. The predicted molar refractivity (Wildman–Crippen MR) is 109 cm³/mol. The molecule has 1 aromatic rings. The molecule has 162 valence electrons. The third-order valence-corrected chi connectivity index (χ3v) is 6.86. The molecule has 0 aromatic heterocycles. The molecule has 3 aliphatic rings. The first-order chi connectivity index (χ1) is 14.2. The Kier molecular flexibility index (Phi) is 5.32. The van der Waals surface area contributed by atoms with Crippen molar-refractivity contribution < 1.29 is 28.6 Å². The Hall–Kier alpha value is -1.76. The normalized spacial score (nSPS) is 29.7. The van der Waals surface area contributed by atoms with E-state index >= 15 is 0 Å². The van der Waals surface area contributed by atoms with Gasteiger partial charge < -0.3 is 14.2 Å². The van der Waals surface area contributed by atoms with Crippen LogP contribution in [0.4, 0.5) is 0 Å². The Morgan fingerprint density at radius 1 is 1.20 bits per heavy atom. The molecule has 0 amide bonds. The monoisotopic (exact) mass is 434 g/mol. The molecule has 1 aromatic carbocycles. The van der Waals surface area contributed by atoms with Gasteiger partial charge >= 0.3 is 5.97 Å². The molecule has 4 rings (SSSR count). The summed E-state index contributed by atoms with van der Waals surface area (Å²) in [7, 11) is 0. The summed E-state index contributed by atoms with van der Waals surface area (Å²) in [6.45, 7) is 5.73. The minimum Gasteiger partial charge on any atom is -0.465 e. The lowest BCUT2D eigenvalue weighted by molar-refractivity contribution is -0.370. The maximum Gasteiger partial charge on any atom is 0.324 e. The van der Waals surface area contributed by atoms with Crippen molar-refractivity contribution in [1.82, 2.24) is 0 Å². The van der Waals surface area contributed by atoms with Crippen LogP contribution in [-0.2, 0) is 29.4 Å². The lowest BCUT2D eigenvalue weighted by Gasteiger charge is -2.58. The number of ether oxygens (including phenoxy) is 3. The van der Waals surface area contributed by atoms with E-state index in [-0.39, 0.29) is 18.8 Å². The SMILES string of the molecule is CCOC(=O)C1C(=O)c2cc(Cl)ccc2C2(OC3(CCCCC3)OCC2(C)C)C1=O. The largest absolute Gasteiger partial charge is 0.465 e. The first kappa shape index (κ1) is 21.5. The van der Waals surface area contributed by atoms with Crippen molar-refractivity contribution >= 4 is 29.1 Å². The Bertz CT molecular complexity index is 901. The summed E-state index contributed by atoms with van der Waals surface area (Å²) in [6.07, 6.45) is 4.27. The number of fused-ring (bicyclic) bond motifs is 2. The quantitative estimate of drug-likeness (QED) is 0.512. The molecule has 2 spiro atoms. The maximum atomic E-state index is 14.0. The highest BCUT2D eigenvalue weighted by atomic mass is 35.5. The van der Waals surface area contributed by atoms with E-state index in [1.807, 2.05) is 13.8 Å². The van der Waals surface area contributed by atoms with Crippen LogP contribution in [-0.4, -0.2) is 36.5 Å². The van der Waals surface area contributed by atoms with Gasteiger partial charge in [-0.05, 0) is 31.9 Å². The second-order valence-corrected chi connectivity index (χ2v) is 9.47. The number of carbonyl (C=O) groups is 3. The molecule has 2 aliphatic carbocycles. The number of ketones is 2. The number of benzene rings is 1. The maximum absolute atomic E-state index is 14.0. The third kappa shape index (κ3) is 3.03. The zero-order valence-electron chi connectivity index (χ0n) is 17.6. The summed E-state index contributed by atoms with van der Waals surface area (Å²) in [5, 5.41) is 0.353. The average molecular weight is 435 g/mol. The average Bonchev–Trinajstić information content (AvgIpc) is 2.70. The van der Waals surface area contributed by atoms with E-state index in [0.717, 1.165) is 19.3 Å². The van der Waals surface area contributed by atoms with Crippen molar-refractivity contribution in [2.24, 2.45) is 11.3 Å². The minimum absolute atomic E-state index is 0.0720. The number of rotatable bonds is 2. The standard InChI is InChI=1S/C23H27ClO6/c1-4-28-20(27)17-18(25)15-12-14(24)8-9-16(15)23(19(17)26)21(2,3)13-29-22(30-23)10-6-5-7-11-22/h8-9,12,17H,4-7,10-11,13H2,1-3H3. The fraction of sp³-hybridized carbons (Fsp3) is 0.609. The van der Waals surface area contributed by atoms with E-state index in [0.29, 0.717) is 23.4 Å². The van der Waals surface area contributed by atoms with Crippen LogP contribution in [0.1, 0.15) is 68.8 Å². The van der Waals surface area contributed by atoms with Gasteiger partial charge in [0.05, 0.1) is 13.2 Å². The van der Waals surface area contributed by atoms with Gasteiger partial charge in [-0.25, -0.2) is 0 Å². The first-order valence-electron chi connectivity index (χ1n) is 10.6. The lowest BCUT2D eigenvalue weighted by atomic mass is 9.60. The van der Waals surface area contributed by atoms with Crippen LogP contribution in [0.3, 0.4) is 0 Å². The summed E-state index contributed by atoms with van der Waals surface area (Å²) in [5.41, 5.74) is -1.63. The molecule has 30 heavy (non-hydrogen) atoms. The van der Waals surface area contributed by atoms with Gasteiger partial charge in [-0.1, -0.05) is 37.9 Å². The van der Waals surface area contributed by atoms with E-state index in [2.05, 4.69) is 0 Å². The number of Topliss-reactive ketones (excluding diaryl/α,β-unsaturated/α-hetero) is 2. The van der Waals surface area contributed by atoms with Gasteiger partial charge in [-0.3, -0.25) is 14.4 Å². The summed E-state index contributed by atoms with van der Waals surface area (Å²) >= 11 is 6.19. The van der Waals surface area contributed by atoms with Crippen LogP contribution >= 0.6 is 11.6 Å². The molecule has 0 bridgehead atoms. The van der Waals surface area contributed by atoms with Gasteiger partial charge in [-0.15, -0.1) is 0 Å². The molecule has 2 atom stereocenters. The van der Waals surface area contributed by atoms with E-state index < -0.39 is 40.3 Å². The summed E-state index contributed by atoms with van der Waals surface area (Å²) in [5.74, 6) is -4.49. The van der Waals surface area contributed by atoms with Crippen molar-refractivity contribution in [3.8, 4) is 0 Å². The molecule has 2 fully saturated rings. The van der Waals surface area contributed by atoms with Gasteiger partial charge in [0, 0.05) is 34.4 Å². The van der Waals surface area contributed by atoms with Crippen LogP contribution in [0.2, 0.25) is 5.02 Å². The summed E-state index contributed by atoms with van der Waals surface area (Å²) in [4.78, 5) is 40.0. The van der Waals surface area contributed by atoms with Gasteiger partial charge in [0.1, 0.15) is 0 Å². The number of hydrogen-bond donors (Lipinski definition) is 0. The zero-order chi connectivity index (χ0) is 21.7. The topological polar surface area (TPSA) is 78.9 Å². The van der Waals surface area contributed by atoms with Crippen LogP contribution in [0.15, 0.2) is 18.2 Å².